The van der Waals surface area contributed by atoms with Gasteiger partial charge in [0, 0.05) is 16.8 Å². The second kappa shape index (κ2) is 5.50. The van der Waals surface area contributed by atoms with Crippen LogP contribution in [0.25, 0.3) is 10.4 Å². The maximum atomic E-state index is 4.28. The Morgan fingerprint density at radius 3 is 3.00 bits per heavy atom. The lowest BCUT2D eigenvalue weighted by molar-refractivity contribution is 1.37. The molecular formula is C14H12N2S2. The van der Waals surface area contributed by atoms with E-state index in [2.05, 4.69) is 51.8 Å². The summed E-state index contributed by atoms with van der Waals surface area (Å²) in [5.41, 5.74) is 2.61. The van der Waals surface area contributed by atoms with Crippen LogP contribution in [0.1, 0.15) is 5.56 Å². The Morgan fingerprint density at radius 1 is 1.22 bits per heavy atom. The van der Waals surface area contributed by atoms with Crippen molar-refractivity contribution >= 4 is 34.5 Å². The number of aliphatic imine (C=N–C) groups is 2. The van der Waals surface area contributed by atoms with Crippen molar-refractivity contribution in [3.8, 4) is 10.4 Å². The van der Waals surface area contributed by atoms with Crippen molar-refractivity contribution in [3.63, 3.8) is 0 Å². The highest BCUT2D eigenvalue weighted by Crippen LogP contribution is 2.26. The second-order valence-electron chi connectivity index (χ2n) is 3.90. The average Bonchev–Trinajstić information content (AvgIpc) is 3.10. The fourth-order valence-electron chi connectivity index (χ4n) is 1.77. The minimum atomic E-state index is 0.734. The number of benzene rings is 1. The lowest BCUT2D eigenvalue weighted by Gasteiger charge is -2.03. The van der Waals surface area contributed by atoms with Gasteiger partial charge >= 0.3 is 0 Å². The highest BCUT2D eigenvalue weighted by atomic mass is 32.2. The van der Waals surface area contributed by atoms with Crippen molar-refractivity contribution in [1.29, 1.82) is 0 Å². The highest BCUT2D eigenvalue weighted by molar-refractivity contribution is 8.13. The third kappa shape index (κ3) is 2.71. The van der Waals surface area contributed by atoms with E-state index in [1.54, 1.807) is 23.1 Å². The molecule has 4 heteroatoms. The molecule has 0 atom stereocenters. The first kappa shape index (κ1) is 11.7. The molecule has 0 N–H and O–H groups in total. The molecule has 0 aliphatic carbocycles. The zero-order valence-electron chi connectivity index (χ0n) is 9.74. The number of thiophene rings is 1. The van der Waals surface area contributed by atoms with Crippen LogP contribution in [-0.2, 0) is 5.75 Å². The van der Waals surface area contributed by atoms with Crippen LogP contribution in [0.5, 0.6) is 0 Å². The number of nitrogens with zero attached hydrogens (tertiary/aromatic N) is 2. The average molecular weight is 272 g/mol. The van der Waals surface area contributed by atoms with Crippen molar-refractivity contribution < 1.29 is 0 Å². The monoisotopic (exact) mass is 272 g/mol. The Labute approximate surface area is 114 Å². The van der Waals surface area contributed by atoms with E-state index < -0.39 is 0 Å². The van der Waals surface area contributed by atoms with Gasteiger partial charge in [-0.25, -0.2) is 4.99 Å². The first-order valence-electron chi connectivity index (χ1n) is 5.74. The van der Waals surface area contributed by atoms with Crippen LogP contribution in [0.4, 0.5) is 0 Å². The summed E-state index contributed by atoms with van der Waals surface area (Å²) in [5.74, 6) is 0.926. The Balaban J connectivity index is 1.73. The van der Waals surface area contributed by atoms with Crippen LogP contribution in [0.15, 0.2) is 51.8 Å². The van der Waals surface area contributed by atoms with Crippen molar-refractivity contribution in [1.82, 2.24) is 0 Å². The second-order valence-corrected chi connectivity index (χ2v) is 5.79. The molecule has 0 spiro atoms. The predicted octanol–water partition coefficient (Wildman–Crippen LogP) is 4.09. The van der Waals surface area contributed by atoms with Crippen molar-refractivity contribution in [3.05, 3.63) is 47.3 Å². The summed E-state index contributed by atoms with van der Waals surface area (Å²) in [5, 5.41) is 3.01. The normalized spacial score (nSPS) is 13.9. The number of hydrogen-bond acceptors (Lipinski definition) is 4. The highest BCUT2D eigenvalue weighted by Gasteiger charge is 2.04. The summed E-state index contributed by atoms with van der Waals surface area (Å²) in [7, 11) is 0. The summed E-state index contributed by atoms with van der Waals surface area (Å²) in [6.45, 7) is 0.734. The van der Waals surface area contributed by atoms with Crippen LogP contribution in [0.3, 0.4) is 0 Å². The van der Waals surface area contributed by atoms with Crippen LogP contribution >= 0.6 is 23.1 Å². The summed E-state index contributed by atoms with van der Waals surface area (Å²) >= 11 is 3.47. The quantitative estimate of drug-likeness (QED) is 0.826. The summed E-state index contributed by atoms with van der Waals surface area (Å²) in [6.07, 6.45) is 1.85. The number of rotatable bonds is 3. The van der Waals surface area contributed by atoms with Crippen molar-refractivity contribution in [2.24, 2.45) is 9.98 Å². The molecule has 3 rings (SSSR count). The Bertz CT molecular complexity index is 586. The third-order valence-electron chi connectivity index (χ3n) is 2.61. The van der Waals surface area contributed by atoms with Gasteiger partial charge in [-0.1, -0.05) is 36.0 Å². The molecule has 0 saturated heterocycles. The Morgan fingerprint density at radius 2 is 2.22 bits per heavy atom. The Kier molecular flexibility index (Phi) is 3.57. The van der Waals surface area contributed by atoms with Crippen LogP contribution in [-0.4, -0.2) is 17.9 Å². The maximum Gasteiger partial charge on any atom is 0.183 e. The smallest absolute Gasteiger partial charge is 0.183 e. The van der Waals surface area contributed by atoms with E-state index in [0.717, 1.165) is 17.5 Å². The first-order valence-corrected chi connectivity index (χ1v) is 7.61. The molecule has 0 amide bonds. The molecule has 0 radical (unpaired) electrons. The van der Waals surface area contributed by atoms with Crippen molar-refractivity contribution in [2.75, 3.05) is 6.54 Å². The number of thioether (sulfide) groups is 1. The molecule has 1 aromatic heterocycles. The van der Waals surface area contributed by atoms with Gasteiger partial charge in [-0.05, 0) is 28.6 Å². The summed E-state index contributed by atoms with van der Waals surface area (Å²) in [6, 6.07) is 12.9. The van der Waals surface area contributed by atoms with E-state index in [0.29, 0.717) is 0 Å². The van der Waals surface area contributed by atoms with Gasteiger partial charge in [0.25, 0.3) is 0 Å². The fourth-order valence-corrected chi connectivity index (χ4v) is 3.28. The zero-order valence-corrected chi connectivity index (χ0v) is 11.4. The third-order valence-corrected chi connectivity index (χ3v) is 4.50. The molecule has 1 aliphatic rings. The summed E-state index contributed by atoms with van der Waals surface area (Å²) < 4.78 is 0. The largest absolute Gasteiger partial charge is 0.255 e. The molecule has 1 aromatic carbocycles. The van der Waals surface area contributed by atoms with Gasteiger partial charge in [0.05, 0.1) is 6.54 Å². The Hall–Kier alpha value is -1.39. The fraction of sp³-hybridized carbons (Fsp3) is 0.143. The van der Waals surface area contributed by atoms with E-state index >= 15 is 0 Å². The van der Waals surface area contributed by atoms with E-state index in [9.17, 15) is 0 Å². The lowest BCUT2D eigenvalue weighted by Crippen LogP contribution is -1.87. The van der Waals surface area contributed by atoms with E-state index in [1.807, 2.05) is 6.21 Å². The first-order chi connectivity index (χ1) is 8.92. The zero-order chi connectivity index (χ0) is 12.2. The van der Waals surface area contributed by atoms with Gasteiger partial charge in [0.15, 0.2) is 5.17 Å². The molecule has 2 aromatic rings. The van der Waals surface area contributed by atoms with Gasteiger partial charge < -0.3 is 0 Å². The van der Waals surface area contributed by atoms with Crippen molar-refractivity contribution in [2.45, 2.75) is 5.75 Å². The minimum absolute atomic E-state index is 0.734. The predicted molar refractivity (Wildman–Crippen MR) is 81.8 cm³/mol. The minimum Gasteiger partial charge on any atom is -0.255 e. The maximum absolute atomic E-state index is 4.28. The van der Waals surface area contributed by atoms with Crippen LogP contribution < -0.4 is 0 Å². The van der Waals surface area contributed by atoms with Crippen LogP contribution in [0.2, 0.25) is 0 Å². The lowest BCUT2D eigenvalue weighted by atomic mass is 10.1. The van der Waals surface area contributed by atoms with Gasteiger partial charge in [-0.3, -0.25) is 4.99 Å². The molecule has 1 aliphatic heterocycles. The molecule has 2 nitrogen and oxygen atoms in total. The molecule has 0 saturated carbocycles. The summed E-state index contributed by atoms with van der Waals surface area (Å²) in [4.78, 5) is 9.81. The molecule has 0 bridgehead atoms. The SMILES string of the molecule is C1=NC(SCc2cccc(-c3cccs3)c2)=NC1. The molecule has 90 valence electrons. The molecule has 2 heterocycles. The van der Waals surface area contributed by atoms with Gasteiger partial charge in [-0.2, -0.15) is 0 Å². The standard InChI is InChI=1S/C14H12N2S2/c1-3-11(10-18-14-15-6-7-16-14)9-12(4-1)13-5-2-8-17-13/h1-6,8-9H,7,10H2. The number of hydrogen-bond donors (Lipinski definition) is 0. The van der Waals surface area contributed by atoms with E-state index in [4.69, 9.17) is 0 Å². The van der Waals surface area contributed by atoms with Gasteiger partial charge in [0.1, 0.15) is 0 Å². The number of amidine groups is 1. The van der Waals surface area contributed by atoms with E-state index in [-0.39, 0.29) is 0 Å². The van der Waals surface area contributed by atoms with Gasteiger partial charge in [-0.15, -0.1) is 11.3 Å². The molecule has 0 unspecified atom stereocenters. The molecule has 0 fully saturated rings. The van der Waals surface area contributed by atoms with Gasteiger partial charge in [0.2, 0.25) is 0 Å². The topological polar surface area (TPSA) is 24.7 Å². The van der Waals surface area contributed by atoms with E-state index in [1.165, 1.54) is 16.0 Å². The van der Waals surface area contributed by atoms with Crippen LogP contribution in [0, 0.1) is 0 Å². The molecular weight excluding hydrogens is 260 g/mol. The molecule has 18 heavy (non-hydrogen) atoms.